The van der Waals surface area contributed by atoms with E-state index in [4.69, 9.17) is 12.3 Å². The van der Waals surface area contributed by atoms with E-state index in [9.17, 15) is 9.59 Å². The van der Waals surface area contributed by atoms with Gasteiger partial charge in [-0.25, -0.2) is 9.98 Å². The summed E-state index contributed by atoms with van der Waals surface area (Å²) in [6.45, 7) is 8.83. The van der Waals surface area contributed by atoms with Gasteiger partial charge in [-0.1, -0.05) is 11.6 Å². The first kappa shape index (κ1) is 19.2. The van der Waals surface area contributed by atoms with E-state index in [2.05, 4.69) is 24.8 Å². The van der Waals surface area contributed by atoms with E-state index < -0.39 is 5.54 Å². The number of guanidine groups is 1. The number of fused-ring (bicyclic) bond motifs is 1. The lowest BCUT2D eigenvalue weighted by Gasteiger charge is -2.32. The van der Waals surface area contributed by atoms with Crippen LogP contribution in [0.25, 0.3) is 10.5 Å². The van der Waals surface area contributed by atoms with Crippen LogP contribution in [-0.4, -0.2) is 49.0 Å². The lowest BCUT2D eigenvalue weighted by atomic mass is 9.90. The second kappa shape index (κ2) is 7.04. The molecular weight excluding hydrogens is 384 g/mol. The van der Waals surface area contributed by atoms with Gasteiger partial charge in [-0.15, -0.1) is 0 Å². The van der Waals surface area contributed by atoms with Gasteiger partial charge in [0.25, 0.3) is 5.82 Å². The molecule has 1 aliphatic rings. The third-order valence-electron chi connectivity index (χ3n) is 5.04. The van der Waals surface area contributed by atoms with Gasteiger partial charge in [-0.05, 0) is 24.6 Å². The van der Waals surface area contributed by atoms with E-state index in [1.54, 1.807) is 49.1 Å². The van der Waals surface area contributed by atoms with Crippen LogP contribution in [0.1, 0.15) is 35.1 Å². The van der Waals surface area contributed by atoms with E-state index in [0.717, 1.165) is 5.56 Å². The number of ketones is 1. The summed E-state index contributed by atoms with van der Waals surface area (Å²) in [5, 5.41) is 0. The fourth-order valence-electron chi connectivity index (χ4n) is 3.29. The molecular formula is C20H18N8O2. The summed E-state index contributed by atoms with van der Waals surface area (Å²) < 4.78 is 1.61. The molecule has 10 heteroatoms. The monoisotopic (exact) mass is 402 g/mol. The Bertz CT molecular complexity index is 1260. The maximum Gasteiger partial charge on any atom is 0.288 e. The summed E-state index contributed by atoms with van der Waals surface area (Å²) in [6.07, 6.45) is 6.39. The van der Waals surface area contributed by atoms with Crippen molar-refractivity contribution in [3.05, 3.63) is 65.3 Å². The van der Waals surface area contributed by atoms with Gasteiger partial charge < -0.3 is 10.6 Å². The lowest BCUT2D eigenvalue weighted by Crippen LogP contribution is -2.47. The second-order valence-electron chi connectivity index (χ2n) is 7.27. The van der Waals surface area contributed by atoms with E-state index in [-0.39, 0.29) is 42.0 Å². The van der Waals surface area contributed by atoms with Gasteiger partial charge in [-0.3, -0.25) is 23.9 Å². The number of amides is 1. The third kappa shape index (κ3) is 3.37. The van der Waals surface area contributed by atoms with Gasteiger partial charge in [0.1, 0.15) is 11.2 Å². The largest absolute Gasteiger partial charge is 0.369 e. The number of carbonyl (C=O) groups excluding carboxylic acids is 2. The Morgan fingerprint density at radius 3 is 2.90 bits per heavy atom. The molecule has 1 amide bonds. The fourth-order valence-corrected chi connectivity index (χ4v) is 3.29. The zero-order valence-corrected chi connectivity index (χ0v) is 16.4. The molecule has 4 rings (SSSR count). The molecule has 0 saturated carbocycles. The van der Waals surface area contributed by atoms with Crippen LogP contribution in [0.15, 0.2) is 41.9 Å². The molecule has 0 aliphatic carbocycles. The van der Waals surface area contributed by atoms with E-state index in [0.29, 0.717) is 11.3 Å². The summed E-state index contributed by atoms with van der Waals surface area (Å²) in [4.78, 5) is 46.6. The number of hydrogen-bond donors (Lipinski definition) is 1. The SMILES string of the molecule is [C-]#[N+]c1cn2cc(C(=O)Cc3ccnc(C4(C)CC(=O)N(C)C(N)=N4)c3)ncc2n1. The third-order valence-corrected chi connectivity index (χ3v) is 5.04. The smallest absolute Gasteiger partial charge is 0.288 e. The average Bonchev–Trinajstić information content (AvgIpc) is 3.14. The molecule has 10 nitrogen and oxygen atoms in total. The highest BCUT2D eigenvalue weighted by atomic mass is 16.2. The zero-order chi connectivity index (χ0) is 21.5. The molecule has 30 heavy (non-hydrogen) atoms. The van der Waals surface area contributed by atoms with Crippen molar-refractivity contribution < 1.29 is 9.59 Å². The minimum atomic E-state index is -0.892. The van der Waals surface area contributed by atoms with Crippen LogP contribution in [0.2, 0.25) is 0 Å². The molecule has 0 bridgehead atoms. The first-order valence-electron chi connectivity index (χ1n) is 9.12. The summed E-state index contributed by atoms with van der Waals surface area (Å²) in [5.41, 5.74) is 7.03. The predicted octanol–water partition coefficient (Wildman–Crippen LogP) is 1.49. The molecule has 1 atom stereocenters. The summed E-state index contributed by atoms with van der Waals surface area (Å²) in [6, 6.07) is 3.50. The van der Waals surface area contributed by atoms with Crippen molar-refractivity contribution in [1.29, 1.82) is 0 Å². The Balaban J connectivity index is 1.60. The molecule has 0 aromatic carbocycles. The fraction of sp³-hybridized carbons (Fsp3) is 0.250. The Morgan fingerprint density at radius 2 is 2.17 bits per heavy atom. The minimum absolute atomic E-state index is 0.0987. The van der Waals surface area contributed by atoms with E-state index in [1.165, 1.54) is 11.1 Å². The normalized spacial score (nSPS) is 18.9. The Kier molecular flexibility index (Phi) is 4.50. The van der Waals surface area contributed by atoms with Crippen LogP contribution >= 0.6 is 0 Å². The van der Waals surface area contributed by atoms with Crippen LogP contribution in [0, 0.1) is 6.57 Å². The van der Waals surface area contributed by atoms with E-state index in [1.807, 2.05) is 0 Å². The maximum atomic E-state index is 12.8. The van der Waals surface area contributed by atoms with Crippen molar-refractivity contribution >= 4 is 29.1 Å². The Labute approximate surface area is 171 Å². The number of nitrogens with two attached hydrogens (primary N) is 1. The summed E-state index contributed by atoms with van der Waals surface area (Å²) in [7, 11) is 1.58. The number of hydrogen-bond acceptors (Lipinski definition) is 7. The molecule has 0 spiro atoms. The highest BCUT2D eigenvalue weighted by Crippen LogP contribution is 2.32. The van der Waals surface area contributed by atoms with Gasteiger partial charge in [0.15, 0.2) is 11.7 Å². The number of pyridine rings is 1. The standard InChI is InChI=1S/C20H18N8O2/c1-20(8-18(30)27(3)19(21)26-20)15-7-12(4-5-23-15)6-14(29)13-10-28-11-16(22-2)25-17(28)9-24-13/h4-5,7,9-11H,6,8H2,1,3H3,(H2,21,26). The topological polar surface area (TPSA) is 123 Å². The highest BCUT2D eigenvalue weighted by molar-refractivity contribution is 5.98. The molecule has 0 fully saturated rings. The van der Waals surface area contributed by atoms with Crippen molar-refractivity contribution in [3.8, 4) is 0 Å². The Hall–Kier alpha value is -4.13. The number of imidazole rings is 1. The quantitative estimate of drug-likeness (QED) is 0.521. The van der Waals surface area contributed by atoms with Gasteiger partial charge in [0.05, 0.1) is 18.3 Å². The van der Waals surface area contributed by atoms with Crippen LogP contribution in [0.3, 0.4) is 0 Å². The van der Waals surface area contributed by atoms with Gasteiger partial charge in [0.2, 0.25) is 11.6 Å². The lowest BCUT2D eigenvalue weighted by molar-refractivity contribution is -0.128. The number of rotatable bonds is 4. The van der Waals surface area contributed by atoms with Gasteiger partial charge in [0, 0.05) is 32.1 Å². The first-order chi connectivity index (χ1) is 14.3. The number of Topliss-reactive ketones (excluding diaryl/α,β-unsaturated/α-hetero) is 1. The summed E-state index contributed by atoms with van der Waals surface area (Å²) >= 11 is 0. The second-order valence-corrected chi connectivity index (χ2v) is 7.27. The number of aliphatic imine (C=N–C) groups is 1. The first-order valence-corrected chi connectivity index (χ1v) is 9.12. The molecule has 3 aromatic heterocycles. The van der Waals surface area contributed by atoms with Crippen LogP contribution in [0.5, 0.6) is 0 Å². The number of aromatic nitrogens is 4. The molecule has 2 N–H and O–H groups in total. The van der Waals surface area contributed by atoms with Gasteiger partial charge in [-0.2, -0.15) is 0 Å². The van der Waals surface area contributed by atoms with Crippen molar-refractivity contribution in [1.82, 2.24) is 24.3 Å². The highest BCUT2D eigenvalue weighted by Gasteiger charge is 2.37. The van der Waals surface area contributed by atoms with Crippen molar-refractivity contribution in [2.75, 3.05) is 7.05 Å². The van der Waals surface area contributed by atoms with Crippen molar-refractivity contribution in [3.63, 3.8) is 0 Å². The molecule has 0 radical (unpaired) electrons. The van der Waals surface area contributed by atoms with Crippen LogP contribution < -0.4 is 5.73 Å². The molecule has 150 valence electrons. The van der Waals surface area contributed by atoms with E-state index >= 15 is 0 Å². The van der Waals surface area contributed by atoms with Gasteiger partial charge >= 0.3 is 0 Å². The molecule has 3 aromatic rings. The molecule has 0 saturated heterocycles. The van der Waals surface area contributed by atoms with Crippen LogP contribution in [-0.2, 0) is 16.8 Å². The molecule has 1 unspecified atom stereocenters. The molecule has 4 heterocycles. The Morgan fingerprint density at radius 1 is 1.37 bits per heavy atom. The number of carbonyl (C=O) groups is 2. The maximum absolute atomic E-state index is 12.8. The van der Waals surface area contributed by atoms with Crippen molar-refractivity contribution in [2.24, 2.45) is 10.7 Å². The van der Waals surface area contributed by atoms with Crippen LogP contribution in [0.4, 0.5) is 5.82 Å². The molecule has 1 aliphatic heterocycles. The van der Waals surface area contributed by atoms with Crippen molar-refractivity contribution in [2.45, 2.75) is 25.3 Å². The zero-order valence-electron chi connectivity index (χ0n) is 16.4. The summed E-state index contributed by atoms with van der Waals surface area (Å²) in [5.74, 6) is 0.0270. The number of nitrogens with zero attached hydrogens (tertiary/aromatic N) is 7. The minimum Gasteiger partial charge on any atom is -0.369 e. The average molecular weight is 402 g/mol. The predicted molar refractivity (Wildman–Crippen MR) is 108 cm³/mol.